The molecule has 3 aromatic carbocycles. The number of anilines is 1. The smallest absolute Gasteiger partial charge is 0.387 e. The number of nitrogens with one attached hydrogen (secondary N) is 2. The molecule has 3 atom stereocenters. The number of rotatable bonds is 17. The van der Waals surface area contributed by atoms with Gasteiger partial charge >= 0.3 is 18.6 Å². The van der Waals surface area contributed by atoms with Crippen LogP contribution in [-0.2, 0) is 26.3 Å². The third-order valence-electron chi connectivity index (χ3n) is 11.1. The minimum Gasteiger partial charge on any atom is -0.619 e. The van der Waals surface area contributed by atoms with E-state index in [2.05, 4.69) is 20.3 Å². The van der Waals surface area contributed by atoms with Gasteiger partial charge in [0.2, 0.25) is 0 Å². The van der Waals surface area contributed by atoms with E-state index in [1.807, 2.05) is 0 Å². The van der Waals surface area contributed by atoms with Crippen LogP contribution in [0, 0.1) is 28.8 Å². The second kappa shape index (κ2) is 17.9. The predicted molar refractivity (Wildman–Crippen MR) is 210 cm³/mol. The van der Waals surface area contributed by atoms with E-state index in [9.17, 15) is 37.9 Å². The van der Waals surface area contributed by atoms with E-state index in [-0.39, 0.29) is 63.1 Å². The summed E-state index contributed by atoms with van der Waals surface area (Å²) in [6.45, 7) is -1.29. The van der Waals surface area contributed by atoms with Crippen molar-refractivity contribution in [3.63, 3.8) is 0 Å². The molecule has 4 aromatic rings. The topological polar surface area (TPSA) is 153 Å². The molecule has 17 heteroatoms. The second-order valence-corrected chi connectivity index (χ2v) is 15.9. The van der Waals surface area contributed by atoms with Gasteiger partial charge in [0.05, 0.1) is 6.61 Å². The van der Waals surface area contributed by atoms with Gasteiger partial charge in [0, 0.05) is 35.7 Å². The van der Waals surface area contributed by atoms with Crippen LogP contribution in [-0.4, -0.2) is 67.2 Å². The fourth-order valence-electron chi connectivity index (χ4n) is 7.99. The summed E-state index contributed by atoms with van der Waals surface area (Å²) < 4.78 is 57.9. The molecule has 1 aromatic heterocycles. The Balaban J connectivity index is 1.10. The lowest BCUT2D eigenvalue weighted by Gasteiger charge is -2.52. The number of fused-ring (bicyclic) bond motifs is 3. The Bertz CT molecular complexity index is 2180. The summed E-state index contributed by atoms with van der Waals surface area (Å²) in [6, 6.07) is 15.7. The minimum atomic E-state index is -3.13. The number of halogens is 5. The maximum absolute atomic E-state index is 14.7. The fourth-order valence-corrected chi connectivity index (χ4v) is 8.58. The summed E-state index contributed by atoms with van der Waals surface area (Å²) in [6.07, 6.45) is 4.30. The summed E-state index contributed by atoms with van der Waals surface area (Å²) >= 11 is 12.7. The third-order valence-corrected chi connectivity index (χ3v) is 11.8. The molecule has 3 saturated heterocycles. The van der Waals surface area contributed by atoms with Crippen LogP contribution in [0.3, 0.4) is 0 Å². The number of esters is 1. The highest BCUT2D eigenvalue weighted by Gasteiger charge is 2.54. The monoisotopic (exact) mass is 856 g/mol. The number of amides is 1. The first-order chi connectivity index (χ1) is 28.3. The number of alkyl halides is 2. The summed E-state index contributed by atoms with van der Waals surface area (Å²) in [7, 11) is 0. The molecule has 1 saturated carbocycles. The van der Waals surface area contributed by atoms with Crippen LogP contribution >= 0.6 is 23.2 Å². The van der Waals surface area contributed by atoms with Gasteiger partial charge in [-0.25, -0.2) is 9.18 Å². The number of piperidine rings is 3. The highest BCUT2D eigenvalue weighted by Crippen LogP contribution is 2.46. The van der Waals surface area contributed by atoms with Gasteiger partial charge in [-0.1, -0.05) is 47.5 Å². The SMILES string of the molecule is O=C(CNC(=O)c1cccc(NC(C(=O)O)(c2cccc(F)c2)[C@H]2CN3CCC2CC3)c1)O[C@@H](Cc1c(Cl)c[n+]([O-])cc1Cl)c1ccc(OC(F)F)c(OCC2CC2)c1. The van der Waals surface area contributed by atoms with Crippen molar-refractivity contribution in [2.24, 2.45) is 17.8 Å². The molecule has 1 amide bonds. The molecule has 3 aliphatic heterocycles. The Morgan fingerprint density at radius 1 is 0.966 bits per heavy atom. The lowest BCUT2D eigenvalue weighted by molar-refractivity contribution is -0.605. The molecular formula is C42H41Cl2F3N4O8. The number of hydrogen-bond donors (Lipinski definition) is 3. The molecule has 4 aliphatic rings. The average molecular weight is 858 g/mol. The number of carboxylic acid groups (broad SMARTS) is 1. The number of pyridine rings is 1. The van der Waals surface area contributed by atoms with Crippen LogP contribution in [0.1, 0.15) is 58.8 Å². The van der Waals surface area contributed by atoms with Gasteiger partial charge in [-0.05, 0) is 104 Å². The number of ether oxygens (including phenoxy) is 3. The molecule has 12 nitrogen and oxygen atoms in total. The number of nitrogens with zero attached hydrogens (tertiary/aromatic N) is 2. The lowest BCUT2D eigenvalue weighted by atomic mass is 9.65. The summed E-state index contributed by atoms with van der Waals surface area (Å²) in [5, 5.41) is 28.6. The molecule has 1 aliphatic carbocycles. The Labute approximate surface area is 347 Å². The van der Waals surface area contributed by atoms with E-state index in [1.54, 1.807) is 18.2 Å². The molecule has 2 bridgehead atoms. The normalized spacial score (nSPS) is 20.0. The molecule has 59 heavy (non-hydrogen) atoms. The number of carboxylic acids is 1. The number of benzene rings is 3. The van der Waals surface area contributed by atoms with E-state index < -0.39 is 54.4 Å². The zero-order valence-corrected chi connectivity index (χ0v) is 33.1. The summed E-state index contributed by atoms with van der Waals surface area (Å²) in [4.78, 5) is 42.5. The largest absolute Gasteiger partial charge is 0.619 e. The number of aromatic nitrogens is 1. The maximum Gasteiger partial charge on any atom is 0.387 e. The van der Waals surface area contributed by atoms with Crippen molar-refractivity contribution in [2.75, 3.05) is 38.1 Å². The van der Waals surface area contributed by atoms with Crippen LogP contribution in [0.2, 0.25) is 10.0 Å². The first-order valence-corrected chi connectivity index (χ1v) is 19.9. The van der Waals surface area contributed by atoms with E-state index in [4.69, 9.17) is 32.7 Å². The van der Waals surface area contributed by atoms with Crippen LogP contribution in [0.25, 0.3) is 0 Å². The Morgan fingerprint density at radius 3 is 2.34 bits per heavy atom. The highest BCUT2D eigenvalue weighted by molar-refractivity contribution is 6.35. The van der Waals surface area contributed by atoms with Gasteiger partial charge in [0.15, 0.2) is 29.4 Å². The van der Waals surface area contributed by atoms with Crippen LogP contribution in [0.4, 0.5) is 18.9 Å². The van der Waals surface area contributed by atoms with Crippen molar-refractivity contribution in [1.29, 1.82) is 0 Å². The predicted octanol–water partition coefficient (Wildman–Crippen LogP) is 7.15. The van der Waals surface area contributed by atoms with Crippen LogP contribution in [0.15, 0.2) is 79.1 Å². The van der Waals surface area contributed by atoms with E-state index in [0.717, 1.165) is 51.2 Å². The molecule has 0 spiro atoms. The van der Waals surface area contributed by atoms with Gasteiger partial charge in [-0.15, -0.1) is 0 Å². The first-order valence-electron chi connectivity index (χ1n) is 19.1. The lowest BCUT2D eigenvalue weighted by Crippen LogP contribution is -2.60. The summed E-state index contributed by atoms with van der Waals surface area (Å²) in [5.74, 6) is -3.65. The van der Waals surface area contributed by atoms with Gasteiger partial charge in [-0.3, -0.25) is 9.59 Å². The molecule has 1 unspecified atom stereocenters. The summed E-state index contributed by atoms with van der Waals surface area (Å²) in [5.41, 5.74) is -0.547. The van der Waals surface area contributed by atoms with Crippen molar-refractivity contribution in [3.8, 4) is 11.5 Å². The van der Waals surface area contributed by atoms with Crippen molar-refractivity contribution in [2.45, 2.75) is 50.4 Å². The first kappa shape index (κ1) is 41.9. The molecule has 4 fully saturated rings. The molecule has 312 valence electrons. The van der Waals surface area contributed by atoms with Crippen molar-refractivity contribution in [3.05, 3.63) is 122 Å². The Morgan fingerprint density at radius 2 is 1.69 bits per heavy atom. The van der Waals surface area contributed by atoms with Gasteiger partial charge in [0.25, 0.3) is 5.91 Å². The molecule has 8 rings (SSSR count). The minimum absolute atomic E-state index is 0.00184. The van der Waals surface area contributed by atoms with Crippen LogP contribution in [0.5, 0.6) is 11.5 Å². The third kappa shape index (κ3) is 9.80. The van der Waals surface area contributed by atoms with Gasteiger partial charge < -0.3 is 40.1 Å². The quantitative estimate of drug-likeness (QED) is 0.0567. The van der Waals surface area contributed by atoms with Gasteiger partial charge in [0.1, 0.15) is 28.5 Å². The zero-order chi connectivity index (χ0) is 41.8. The average Bonchev–Trinajstić information content (AvgIpc) is 4.04. The van der Waals surface area contributed by atoms with Crippen molar-refractivity contribution < 1.29 is 51.6 Å². The Kier molecular flexibility index (Phi) is 12.7. The van der Waals surface area contributed by atoms with Gasteiger partial charge in [-0.2, -0.15) is 13.5 Å². The van der Waals surface area contributed by atoms with Crippen molar-refractivity contribution >= 4 is 46.7 Å². The zero-order valence-electron chi connectivity index (χ0n) is 31.6. The van der Waals surface area contributed by atoms with E-state index in [0.29, 0.717) is 22.5 Å². The fraction of sp³-hybridized carbons (Fsp3) is 0.381. The van der Waals surface area contributed by atoms with E-state index >= 15 is 0 Å². The molecular weight excluding hydrogens is 816 g/mol. The number of hydrogen-bond acceptors (Lipinski definition) is 9. The number of carbonyl (C=O) groups is 3. The highest BCUT2D eigenvalue weighted by atomic mass is 35.5. The number of carbonyl (C=O) groups excluding carboxylic acids is 2. The Hall–Kier alpha value is -5.25. The molecule has 0 radical (unpaired) electrons. The maximum atomic E-state index is 14.7. The number of aliphatic carboxylic acids is 1. The van der Waals surface area contributed by atoms with Crippen molar-refractivity contribution in [1.82, 2.24) is 10.2 Å². The second-order valence-electron chi connectivity index (χ2n) is 15.1. The molecule has 4 heterocycles. The van der Waals surface area contributed by atoms with Crippen LogP contribution < -0.4 is 24.8 Å². The molecule has 3 N–H and O–H groups in total. The van der Waals surface area contributed by atoms with E-state index in [1.165, 1.54) is 48.5 Å². The standard InChI is InChI=1S/C42H41Cl2F3N4O8/c43-33-21-51(56)22-34(44)31(33)18-36(26-9-10-35(59-41(46)47)37(16-26)57-23-24-7-8-24)58-38(52)19-48-39(53)27-3-1-6-30(15-27)49-42(40(54)55,28-4-2-5-29(45)17-28)32-20-50-13-11-25(32)12-14-50/h1-6,9-10,15-17,21-22,24-25,32,36,41,49H,7-8,11-14,18-20,23H2,(H,48,53)(H,54,55)/t32-,36-,42?/m0/s1.